The molecule has 0 bridgehead atoms. The SMILES string of the molecule is CCCN(CCC(=O)O)C(=O)C(C)(C)Cc1ccccc1. The van der Waals surface area contributed by atoms with Gasteiger partial charge in [0.1, 0.15) is 0 Å². The lowest BCUT2D eigenvalue weighted by Gasteiger charge is -2.31. The molecule has 0 unspecified atom stereocenters. The highest BCUT2D eigenvalue weighted by Crippen LogP contribution is 2.25. The molecule has 0 radical (unpaired) electrons. The number of aliphatic carboxylic acids is 1. The summed E-state index contributed by atoms with van der Waals surface area (Å²) in [4.78, 5) is 25.1. The fourth-order valence-corrected chi connectivity index (χ4v) is 2.43. The summed E-state index contributed by atoms with van der Waals surface area (Å²) in [5.41, 5.74) is 0.584. The molecular formula is C17H25NO3. The van der Waals surface area contributed by atoms with Crippen molar-refractivity contribution in [3.05, 3.63) is 35.9 Å². The fraction of sp³-hybridized carbons (Fsp3) is 0.529. The van der Waals surface area contributed by atoms with Gasteiger partial charge in [-0.2, -0.15) is 0 Å². The molecule has 0 aliphatic carbocycles. The van der Waals surface area contributed by atoms with Gasteiger partial charge in [-0.1, -0.05) is 51.1 Å². The lowest BCUT2D eigenvalue weighted by atomic mass is 9.84. The van der Waals surface area contributed by atoms with Gasteiger partial charge in [0, 0.05) is 18.5 Å². The maximum absolute atomic E-state index is 12.7. The zero-order chi connectivity index (χ0) is 15.9. The van der Waals surface area contributed by atoms with Crippen molar-refractivity contribution in [3.8, 4) is 0 Å². The number of carboxylic acid groups (broad SMARTS) is 1. The third-order valence-electron chi connectivity index (χ3n) is 3.44. The zero-order valence-electron chi connectivity index (χ0n) is 13.1. The van der Waals surface area contributed by atoms with Crippen LogP contribution in [0, 0.1) is 5.41 Å². The van der Waals surface area contributed by atoms with Crippen LogP contribution in [-0.2, 0) is 16.0 Å². The summed E-state index contributed by atoms with van der Waals surface area (Å²) in [6.07, 6.45) is 1.47. The van der Waals surface area contributed by atoms with E-state index in [9.17, 15) is 9.59 Å². The van der Waals surface area contributed by atoms with Gasteiger partial charge < -0.3 is 10.0 Å². The molecule has 0 heterocycles. The molecule has 4 heteroatoms. The van der Waals surface area contributed by atoms with Crippen LogP contribution < -0.4 is 0 Å². The molecule has 0 aromatic heterocycles. The molecule has 1 N–H and O–H groups in total. The Bertz CT molecular complexity index is 468. The summed E-state index contributed by atoms with van der Waals surface area (Å²) in [6, 6.07) is 9.90. The van der Waals surface area contributed by atoms with E-state index in [4.69, 9.17) is 5.11 Å². The topological polar surface area (TPSA) is 57.6 Å². The standard InChI is InChI=1S/C17H25NO3/c1-4-11-18(12-10-15(19)20)16(21)17(2,3)13-14-8-6-5-7-9-14/h5-9H,4,10-13H2,1-3H3,(H,19,20). The Balaban J connectivity index is 2.77. The summed E-state index contributed by atoms with van der Waals surface area (Å²) in [5.74, 6) is -0.848. The van der Waals surface area contributed by atoms with E-state index in [1.165, 1.54) is 0 Å². The van der Waals surface area contributed by atoms with Crippen molar-refractivity contribution in [1.29, 1.82) is 0 Å². The molecule has 116 valence electrons. The van der Waals surface area contributed by atoms with Crippen LogP contribution >= 0.6 is 0 Å². The fourth-order valence-electron chi connectivity index (χ4n) is 2.43. The maximum Gasteiger partial charge on any atom is 0.305 e. The Morgan fingerprint density at radius 3 is 2.29 bits per heavy atom. The number of carbonyl (C=O) groups is 2. The van der Waals surface area contributed by atoms with Crippen LogP contribution in [0.4, 0.5) is 0 Å². The second-order valence-electron chi connectivity index (χ2n) is 5.98. The van der Waals surface area contributed by atoms with Crippen molar-refractivity contribution in [2.45, 2.75) is 40.0 Å². The van der Waals surface area contributed by atoms with Gasteiger partial charge in [0.2, 0.25) is 5.91 Å². The van der Waals surface area contributed by atoms with Gasteiger partial charge in [-0.25, -0.2) is 0 Å². The smallest absolute Gasteiger partial charge is 0.305 e. The van der Waals surface area contributed by atoms with Crippen molar-refractivity contribution in [2.24, 2.45) is 5.41 Å². The van der Waals surface area contributed by atoms with E-state index in [0.29, 0.717) is 13.0 Å². The summed E-state index contributed by atoms with van der Waals surface area (Å²) >= 11 is 0. The van der Waals surface area contributed by atoms with E-state index in [-0.39, 0.29) is 18.9 Å². The molecule has 0 aliphatic rings. The van der Waals surface area contributed by atoms with Crippen LogP contribution in [0.15, 0.2) is 30.3 Å². The Kier molecular flexibility index (Phi) is 6.40. The van der Waals surface area contributed by atoms with Gasteiger partial charge in [0.15, 0.2) is 0 Å². The lowest BCUT2D eigenvalue weighted by Crippen LogP contribution is -2.43. The lowest BCUT2D eigenvalue weighted by molar-refractivity contribution is -0.142. The van der Waals surface area contributed by atoms with Crippen molar-refractivity contribution in [2.75, 3.05) is 13.1 Å². The number of hydrogen-bond acceptors (Lipinski definition) is 2. The summed E-state index contributed by atoms with van der Waals surface area (Å²) in [5, 5.41) is 8.81. The van der Waals surface area contributed by atoms with Crippen molar-refractivity contribution in [3.63, 3.8) is 0 Å². The first-order chi connectivity index (χ1) is 9.86. The van der Waals surface area contributed by atoms with Crippen LogP contribution in [0.25, 0.3) is 0 Å². The first-order valence-corrected chi connectivity index (χ1v) is 7.42. The second-order valence-corrected chi connectivity index (χ2v) is 5.98. The monoisotopic (exact) mass is 291 g/mol. The maximum atomic E-state index is 12.7. The van der Waals surface area contributed by atoms with E-state index >= 15 is 0 Å². The molecule has 1 amide bonds. The molecule has 0 atom stereocenters. The quantitative estimate of drug-likeness (QED) is 0.801. The molecule has 0 saturated heterocycles. The molecule has 1 rings (SSSR count). The minimum Gasteiger partial charge on any atom is -0.481 e. The van der Waals surface area contributed by atoms with Gasteiger partial charge in [-0.3, -0.25) is 9.59 Å². The molecular weight excluding hydrogens is 266 g/mol. The predicted molar refractivity (Wildman–Crippen MR) is 83.1 cm³/mol. The van der Waals surface area contributed by atoms with Crippen molar-refractivity contribution in [1.82, 2.24) is 4.90 Å². The Morgan fingerprint density at radius 1 is 1.14 bits per heavy atom. The average molecular weight is 291 g/mol. The Labute approximate surface area is 126 Å². The van der Waals surface area contributed by atoms with Gasteiger partial charge in [-0.15, -0.1) is 0 Å². The Hall–Kier alpha value is -1.84. The summed E-state index contributed by atoms with van der Waals surface area (Å²) in [6.45, 7) is 6.72. The van der Waals surface area contributed by atoms with Crippen LogP contribution in [-0.4, -0.2) is 35.0 Å². The van der Waals surface area contributed by atoms with E-state index in [1.807, 2.05) is 51.1 Å². The van der Waals surface area contributed by atoms with Gasteiger partial charge in [0.05, 0.1) is 6.42 Å². The van der Waals surface area contributed by atoms with Crippen LogP contribution in [0.5, 0.6) is 0 Å². The minimum atomic E-state index is -0.871. The highest BCUT2D eigenvalue weighted by Gasteiger charge is 2.31. The Morgan fingerprint density at radius 2 is 1.76 bits per heavy atom. The average Bonchev–Trinajstić information content (AvgIpc) is 2.43. The van der Waals surface area contributed by atoms with Gasteiger partial charge >= 0.3 is 5.97 Å². The van der Waals surface area contributed by atoms with E-state index in [1.54, 1.807) is 4.90 Å². The van der Waals surface area contributed by atoms with Crippen LogP contribution in [0.2, 0.25) is 0 Å². The molecule has 0 fully saturated rings. The number of carboxylic acids is 1. The normalized spacial score (nSPS) is 11.2. The highest BCUT2D eigenvalue weighted by atomic mass is 16.4. The molecule has 1 aromatic rings. The molecule has 1 aromatic carbocycles. The number of rotatable bonds is 8. The number of benzene rings is 1. The first-order valence-electron chi connectivity index (χ1n) is 7.42. The third kappa shape index (κ3) is 5.58. The van der Waals surface area contributed by atoms with E-state index in [2.05, 4.69) is 0 Å². The second kappa shape index (κ2) is 7.81. The molecule has 0 spiro atoms. The zero-order valence-corrected chi connectivity index (χ0v) is 13.1. The van der Waals surface area contributed by atoms with Crippen LogP contribution in [0.1, 0.15) is 39.2 Å². The number of hydrogen-bond donors (Lipinski definition) is 1. The number of nitrogens with zero attached hydrogens (tertiary/aromatic N) is 1. The third-order valence-corrected chi connectivity index (χ3v) is 3.44. The summed E-state index contributed by atoms with van der Waals surface area (Å²) < 4.78 is 0. The molecule has 4 nitrogen and oxygen atoms in total. The van der Waals surface area contributed by atoms with E-state index < -0.39 is 11.4 Å². The number of amides is 1. The van der Waals surface area contributed by atoms with Gasteiger partial charge in [0.25, 0.3) is 0 Å². The van der Waals surface area contributed by atoms with Crippen LogP contribution in [0.3, 0.4) is 0 Å². The van der Waals surface area contributed by atoms with E-state index in [0.717, 1.165) is 12.0 Å². The van der Waals surface area contributed by atoms with Crippen molar-refractivity contribution >= 4 is 11.9 Å². The minimum absolute atomic E-state index is 0.00679. The first kappa shape index (κ1) is 17.2. The molecule has 0 saturated carbocycles. The number of carbonyl (C=O) groups excluding carboxylic acids is 1. The summed E-state index contributed by atoms with van der Waals surface area (Å²) in [7, 11) is 0. The molecule has 0 aliphatic heterocycles. The largest absolute Gasteiger partial charge is 0.481 e. The van der Waals surface area contributed by atoms with Gasteiger partial charge in [-0.05, 0) is 18.4 Å². The van der Waals surface area contributed by atoms with Crippen molar-refractivity contribution < 1.29 is 14.7 Å². The highest BCUT2D eigenvalue weighted by molar-refractivity contribution is 5.82. The predicted octanol–water partition coefficient (Wildman–Crippen LogP) is 2.97. The molecule has 21 heavy (non-hydrogen) atoms.